The first-order valence-electron chi connectivity index (χ1n) is 4.21. The van der Waals surface area contributed by atoms with Crippen LogP contribution in [0.3, 0.4) is 0 Å². The second kappa shape index (κ2) is 3.64. The maximum atomic E-state index is 8.82. The molecular weight excluding hydrogens is 212 g/mol. The van der Waals surface area contributed by atoms with Crippen molar-refractivity contribution in [2.75, 3.05) is 5.73 Å². The molecule has 74 valence electrons. The van der Waals surface area contributed by atoms with E-state index in [-0.39, 0.29) is 5.82 Å². The van der Waals surface area contributed by atoms with E-state index in [2.05, 4.69) is 4.98 Å². The van der Waals surface area contributed by atoms with Gasteiger partial charge in [0.1, 0.15) is 6.07 Å². The van der Waals surface area contributed by atoms with Crippen LogP contribution in [-0.2, 0) is 0 Å². The Morgan fingerprint density at radius 1 is 1.47 bits per heavy atom. The molecule has 0 radical (unpaired) electrons. The topological polar surface area (TPSA) is 67.6 Å². The van der Waals surface area contributed by atoms with E-state index < -0.39 is 0 Å². The lowest BCUT2D eigenvalue weighted by Gasteiger charge is -2.07. The number of rotatable bonds is 1. The standard InChI is InChI=1S/C10H7ClN4/c11-7-1-2-8(13)9(5-7)15-4-3-14-10(15)6-12/h1-5H,13H2. The second-order valence-corrected chi connectivity index (χ2v) is 3.37. The molecule has 2 rings (SSSR count). The van der Waals surface area contributed by atoms with Crippen LogP contribution in [0.2, 0.25) is 5.02 Å². The highest BCUT2D eigenvalue weighted by atomic mass is 35.5. The Morgan fingerprint density at radius 3 is 3.00 bits per heavy atom. The highest BCUT2D eigenvalue weighted by Gasteiger charge is 2.07. The van der Waals surface area contributed by atoms with Crippen molar-refractivity contribution in [1.82, 2.24) is 9.55 Å². The van der Waals surface area contributed by atoms with E-state index in [0.29, 0.717) is 16.4 Å². The lowest BCUT2D eigenvalue weighted by molar-refractivity contribution is 1.02. The molecule has 5 heteroatoms. The molecule has 0 fully saturated rings. The molecule has 0 bridgehead atoms. The predicted molar refractivity (Wildman–Crippen MR) is 57.7 cm³/mol. The van der Waals surface area contributed by atoms with Crippen LogP contribution in [0, 0.1) is 11.3 Å². The molecule has 0 spiro atoms. The summed E-state index contributed by atoms with van der Waals surface area (Å²) in [5.41, 5.74) is 7.00. The van der Waals surface area contributed by atoms with Gasteiger partial charge in [0.15, 0.2) is 0 Å². The maximum Gasteiger partial charge on any atom is 0.217 e. The van der Waals surface area contributed by atoms with Gasteiger partial charge in [0, 0.05) is 17.4 Å². The fourth-order valence-electron chi connectivity index (χ4n) is 1.31. The van der Waals surface area contributed by atoms with E-state index in [9.17, 15) is 0 Å². The molecule has 0 saturated carbocycles. The van der Waals surface area contributed by atoms with Crippen molar-refractivity contribution in [2.24, 2.45) is 0 Å². The van der Waals surface area contributed by atoms with Gasteiger partial charge in [-0.1, -0.05) is 11.6 Å². The second-order valence-electron chi connectivity index (χ2n) is 2.94. The third-order valence-corrected chi connectivity index (χ3v) is 2.23. The van der Waals surface area contributed by atoms with Crippen LogP contribution in [0.4, 0.5) is 5.69 Å². The number of anilines is 1. The largest absolute Gasteiger partial charge is 0.397 e. The molecule has 0 atom stereocenters. The molecule has 0 saturated heterocycles. The quantitative estimate of drug-likeness (QED) is 0.745. The molecule has 0 aliphatic rings. The van der Waals surface area contributed by atoms with Crippen molar-refractivity contribution >= 4 is 17.3 Å². The third-order valence-electron chi connectivity index (χ3n) is 1.99. The van der Waals surface area contributed by atoms with Gasteiger partial charge in [0.2, 0.25) is 5.82 Å². The molecule has 2 N–H and O–H groups in total. The van der Waals surface area contributed by atoms with Crippen molar-refractivity contribution in [2.45, 2.75) is 0 Å². The van der Waals surface area contributed by atoms with Crippen LogP contribution in [0.25, 0.3) is 5.69 Å². The first-order chi connectivity index (χ1) is 7.22. The average Bonchev–Trinajstić information content (AvgIpc) is 2.69. The molecule has 1 aromatic carbocycles. The van der Waals surface area contributed by atoms with E-state index in [1.54, 1.807) is 35.2 Å². The van der Waals surface area contributed by atoms with Crippen molar-refractivity contribution in [3.63, 3.8) is 0 Å². The molecule has 2 aromatic rings. The van der Waals surface area contributed by atoms with Crippen molar-refractivity contribution in [3.05, 3.63) is 41.4 Å². The highest BCUT2D eigenvalue weighted by molar-refractivity contribution is 6.30. The van der Waals surface area contributed by atoms with Crippen LogP contribution in [0.15, 0.2) is 30.6 Å². The van der Waals surface area contributed by atoms with Crippen molar-refractivity contribution < 1.29 is 0 Å². The van der Waals surface area contributed by atoms with Gasteiger partial charge in [0.05, 0.1) is 11.4 Å². The van der Waals surface area contributed by atoms with Gasteiger partial charge in [-0.05, 0) is 18.2 Å². The predicted octanol–water partition coefficient (Wildman–Crippen LogP) is 1.98. The SMILES string of the molecule is N#Cc1nccn1-c1cc(Cl)ccc1N. The molecule has 0 amide bonds. The Balaban J connectivity index is 2.64. The molecule has 0 unspecified atom stereocenters. The summed E-state index contributed by atoms with van der Waals surface area (Å²) in [4.78, 5) is 3.89. The first kappa shape index (κ1) is 9.56. The van der Waals surface area contributed by atoms with Crippen molar-refractivity contribution in [1.29, 1.82) is 5.26 Å². The van der Waals surface area contributed by atoms with Crippen LogP contribution < -0.4 is 5.73 Å². The number of nitrogen functional groups attached to an aromatic ring is 1. The Labute approximate surface area is 91.5 Å². The summed E-state index contributed by atoms with van der Waals surface area (Å²) in [6.07, 6.45) is 3.21. The number of hydrogen-bond acceptors (Lipinski definition) is 3. The molecule has 1 heterocycles. The molecule has 0 aliphatic heterocycles. The summed E-state index contributed by atoms with van der Waals surface area (Å²) >= 11 is 5.86. The zero-order valence-corrected chi connectivity index (χ0v) is 8.44. The Morgan fingerprint density at radius 2 is 2.27 bits per heavy atom. The van der Waals surface area contributed by atoms with Gasteiger partial charge in [-0.3, -0.25) is 4.57 Å². The Bertz CT molecular complexity index is 539. The van der Waals surface area contributed by atoms with Crippen LogP contribution in [0.1, 0.15) is 5.82 Å². The fraction of sp³-hybridized carbons (Fsp3) is 0. The fourth-order valence-corrected chi connectivity index (χ4v) is 1.47. The number of nitrogens with zero attached hydrogens (tertiary/aromatic N) is 3. The minimum Gasteiger partial charge on any atom is -0.397 e. The van der Waals surface area contributed by atoms with Gasteiger partial charge < -0.3 is 5.73 Å². The Hall–Kier alpha value is -1.99. The molecule has 1 aromatic heterocycles. The lowest BCUT2D eigenvalue weighted by atomic mass is 10.2. The summed E-state index contributed by atoms with van der Waals surface area (Å²) in [5, 5.41) is 9.39. The monoisotopic (exact) mass is 218 g/mol. The van der Waals surface area contributed by atoms with Gasteiger partial charge >= 0.3 is 0 Å². The van der Waals surface area contributed by atoms with Gasteiger partial charge in [-0.2, -0.15) is 5.26 Å². The van der Waals surface area contributed by atoms with Gasteiger partial charge in [-0.25, -0.2) is 4.98 Å². The number of aromatic nitrogens is 2. The van der Waals surface area contributed by atoms with E-state index in [1.165, 1.54) is 0 Å². The average molecular weight is 219 g/mol. The third kappa shape index (κ3) is 1.65. The normalized spacial score (nSPS) is 9.87. The van der Waals surface area contributed by atoms with Crippen LogP contribution >= 0.6 is 11.6 Å². The van der Waals surface area contributed by atoms with Crippen molar-refractivity contribution in [3.8, 4) is 11.8 Å². The maximum absolute atomic E-state index is 8.82. The molecule has 15 heavy (non-hydrogen) atoms. The number of nitrogens with two attached hydrogens (primary N) is 1. The minimum absolute atomic E-state index is 0.281. The lowest BCUT2D eigenvalue weighted by Crippen LogP contribution is -2.01. The zero-order chi connectivity index (χ0) is 10.8. The van der Waals surface area contributed by atoms with Crippen LogP contribution in [0.5, 0.6) is 0 Å². The molecule has 0 aliphatic carbocycles. The van der Waals surface area contributed by atoms with E-state index in [0.717, 1.165) is 0 Å². The first-order valence-corrected chi connectivity index (χ1v) is 4.59. The Kier molecular flexibility index (Phi) is 2.32. The number of benzene rings is 1. The number of halogens is 1. The van der Waals surface area contributed by atoms with E-state index in [1.807, 2.05) is 6.07 Å². The van der Waals surface area contributed by atoms with E-state index >= 15 is 0 Å². The number of hydrogen-bond donors (Lipinski definition) is 1. The highest BCUT2D eigenvalue weighted by Crippen LogP contribution is 2.22. The summed E-state index contributed by atoms with van der Waals surface area (Å²) < 4.78 is 1.60. The summed E-state index contributed by atoms with van der Waals surface area (Å²) in [7, 11) is 0. The van der Waals surface area contributed by atoms with Crippen LogP contribution in [-0.4, -0.2) is 9.55 Å². The molecule has 4 nitrogen and oxygen atoms in total. The zero-order valence-electron chi connectivity index (χ0n) is 7.68. The summed E-state index contributed by atoms with van der Waals surface area (Å²) in [6.45, 7) is 0. The molecular formula is C10H7ClN4. The van der Waals surface area contributed by atoms with Gasteiger partial charge in [0.25, 0.3) is 0 Å². The summed E-state index contributed by atoms with van der Waals surface area (Å²) in [5.74, 6) is 0.281. The van der Waals surface area contributed by atoms with E-state index in [4.69, 9.17) is 22.6 Å². The minimum atomic E-state index is 0.281. The number of imidazole rings is 1. The summed E-state index contributed by atoms with van der Waals surface area (Å²) in [6, 6.07) is 7.06. The van der Waals surface area contributed by atoms with Gasteiger partial charge in [-0.15, -0.1) is 0 Å². The smallest absolute Gasteiger partial charge is 0.217 e. The number of nitriles is 1.